The number of nitrogens with zero attached hydrogens (tertiary/aromatic N) is 2. The highest BCUT2D eigenvalue weighted by molar-refractivity contribution is 6.31. The maximum Gasteiger partial charge on any atom is 0.253 e. The molecule has 4 aliphatic heterocycles. The summed E-state index contributed by atoms with van der Waals surface area (Å²) in [7, 11) is 2.85. The molecule has 380 valence electrons. The van der Waals surface area contributed by atoms with Gasteiger partial charge >= 0.3 is 0 Å². The number of nitrogens with one attached hydrogen (secondary N) is 3. The third kappa shape index (κ3) is 9.29. The summed E-state index contributed by atoms with van der Waals surface area (Å²) in [6.07, 6.45) is 4.11. The molecule has 1 fully saturated rings. The van der Waals surface area contributed by atoms with Crippen LogP contribution in [0.25, 0.3) is 0 Å². The molecule has 6 aliphatic rings. The number of rotatable bonds is 15. The van der Waals surface area contributed by atoms with Crippen LogP contribution in [0.15, 0.2) is 70.7 Å². The maximum absolute atomic E-state index is 15.5. The van der Waals surface area contributed by atoms with E-state index in [0.29, 0.717) is 53.5 Å². The molecule has 0 spiro atoms. The van der Waals surface area contributed by atoms with E-state index >= 15 is 9.59 Å². The number of ether oxygens (including phenoxy) is 3. The number of amides is 2. The Morgan fingerprint density at radius 3 is 2.41 bits per heavy atom. The number of phenols is 1. The normalized spacial score (nSPS) is 27.6. The van der Waals surface area contributed by atoms with E-state index < -0.39 is 84.4 Å². The molecule has 8 rings (SSSR count). The average molecular weight is 983 g/mol. The molecule has 0 aromatic heterocycles. The van der Waals surface area contributed by atoms with Crippen LogP contribution in [0.4, 0.5) is 0 Å². The first kappa shape index (κ1) is 50.8. The number of aliphatic imine (C=N–C) groups is 1. The van der Waals surface area contributed by atoms with Crippen molar-refractivity contribution in [2.75, 3.05) is 40.5 Å². The zero-order valence-corrected chi connectivity index (χ0v) is 39.7. The van der Waals surface area contributed by atoms with Crippen molar-refractivity contribution < 1.29 is 64.0 Å². The zero-order chi connectivity index (χ0) is 51.1. The lowest BCUT2D eigenvalue weighted by Gasteiger charge is -2.49. The van der Waals surface area contributed by atoms with E-state index in [4.69, 9.17) is 31.4 Å². The molecule has 0 saturated carbocycles. The van der Waals surface area contributed by atoms with Gasteiger partial charge in [0.15, 0.2) is 11.7 Å². The van der Waals surface area contributed by atoms with Crippen LogP contribution in [0.1, 0.15) is 80.3 Å². The molecule has 21 nitrogen and oxygen atoms in total. The molecule has 15 N–H and O–H groups in total. The van der Waals surface area contributed by atoms with Crippen molar-refractivity contribution in [1.29, 1.82) is 0 Å². The molecule has 1 saturated heterocycles. The summed E-state index contributed by atoms with van der Waals surface area (Å²) in [5.41, 5.74) is 18.3. The van der Waals surface area contributed by atoms with Crippen LogP contribution in [-0.2, 0) is 40.1 Å². The fourth-order valence-corrected chi connectivity index (χ4v) is 11.0. The second-order valence-corrected chi connectivity index (χ2v) is 18.6. The summed E-state index contributed by atoms with van der Waals surface area (Å²) in [5.74, 6) is -4.20. The number of carbonyl (C=O) groups is 4. The number of carbonyl (C=O) groups excluding carboxylic acids is 4. The molecule has 9 unspecified atom stereocenters. The number of phenolic OH excluding ortho intramolecular Hbond substituents is 1. The number of fused-ring (bicyclic) bond motifs is 4. The molecule has 2 aliphatic carbocycles. The summed E-state index contributed by atoms with van der Waals surface area (Å²) in [5, 5.41) is 78.6. The number of allylic oxidation sites excluding steroid dienone is 3. The van der Waals surface area contributed by atoms with Crippen molar-refractivity contribution in [3.8, 4) is 17.2 Å². The fourth-order valence-electron chi connectivity index (χ4n) is 11.0. The van der Waals surface area contributed by atoms with E-state index in [1.807, 2.05) is 18.4 Å². The third-order valence-corrected chi connectivity index (χ3v) is 14.6. The monoisotopic (exact) mass is 982 g/mol. The number of ketones is 2. The van der Waals surface area contributed by atoms with Crippen LogP contribution in [0, 0.1) is 17.8 Å². The van der Waals surface area contributed by atoms with Gasteiger partial charge in [-0.15, -0.1) is 0 Å². The molecule has 0 bridgehead atoms. The number of nitrogens with two attached hydrogens (primary N) is 3. The fraction of sp³-hybridized carbons (Fsp3) is 0.460. The summed E-state index contributed by atoms with van der Waals surface area (Å²) < 4.78 is 18.2. The van der Waals surface area contributed by atoms with Crippen LogP contribution in [-0.4, -0.2) is 142 Å². The Labute approximate surface area is 409 Å². The lowest BCUT2D eigenvalue weighted by atomic mass is 9.74. The van der Waals surface area contributed by atoms with Gasteiger partial charge in [0.25, 0.3) is 11.8 Å². The minimum Gasteiger partial charge on any atom is -0.507 e. The lowest BCUT2D eigenvalue weighted by molar-refractivity contribution is -0.316. The largest absolute Gasteiger partial charge is 0.507 e. The molecule has 9 atom stereocenters. The molecule has 2 aromatic rings. The van der Waals surface area contributed by atoms with E-state index in [-0.39, 0.29) is 90.0 Å². The lowest BCUT2D eigenvalue weighted by Crippen LogP contribution is -2.68. The number of methoxy groups -OCH3 is 1. The van der Waals surface area contributed by atoms with E-state index in [1.165, 1.54) is 20.2 Å². The molecule has 21 heteroatoms. The second kappa shape index (κ2) is 20.6. The molecule has 0 radical (unpaired) electrons. The Kier molecular flexibility index (Phi) is 14.8. The van der Waals surface area contributed by atoms with Crippen molar-refractivity contribution in [1.82, 2.24) is 20.9 Å². The molecule has 71 heavy (non-hydrogen) atoms. The van der Waals surface area contributed by atoms with Crippen LogP contribution in [0.5, 0.6) is 17.2 Å². The maximum atomic E-state index is 15.5. The summed E-state index contributed by atoms with van der Waals surface area (Å²) in [6.45, 7) is 0.642. The van der Waals surface area contributed by atoms with E-state index in [9.17, 15) is 40.2 Å². The van der Waals surface area contributed by atoms with Crippen molar-refractivity contribution in [3.63, 3.8) is 0 Å². The van der Waals surface area contributed by atoms with Gasteiger partial charge in [-0.25, -0.2) is 0 Å². The quantitative estimate of drug-likeness (QED) is 0.0377. The topological polar surface area (TPSA) is 347 Å². The SMILES string of the molecule is CCc1c(OC)cc(OC2OC(CO)C(O)(CC(CN3C(=O)C=CC3=O)C3=CCNC(N)=C3)C(O)C2O)c2c1C(=O)c1c3c(c(CNC(N)=NC)c(O)c1C2=O)CC(C1=CNC(N)C=C1)C(CCO)CC3. The minimum atomic E-state index is -2.46. The Balaban J connectivity index is 1.20. The number of benzene rings is 2. The van der Waals surface area contributed by atoms with E-state index in [0.717, 1.165) is 22.6 Å². The Hall–Kier alpha value is -6.59. The van der Waals surface area contributed by atoms with Crippen molar-refractivity contribution in [2.45, 2.75) is 88.4 Å². The molecule has 2 amide bonds. The predicted octanol–water partition coefficient (Wildman–Crippen LogP) is -0.986. The summed E-state index contributed by atoms with van der Waals surface area (Å²) in [4.78, 5) is 61.2. The van der Waals surface area contributed by atoms with Gasteiger partial charge in [0.2, 0.25) is 12.1 Å². The number of aliphatic hydroxyl groups is 5. The molecular formula is C50H62N8O13. The standard InChI is InChI=1S/C50H62N8O13/c1-4-27-32(69-3)17-33(70-48-46(66)47(67)50(68,34(22-60)71-48)18-26(24-11-13-55-36(52)15-24)21-58-37(61)9-10-38(58)62)41-39(27)44(64)40-28-7-5-23(12-14-59)29(25-6-8-35(51)56-19-25)16-30(28)31(20-57-49(53)54-2)43(63)42(40)45(41)65/h6,8-11,15,17,19,23,26,29,34-35,46-48,55-56,59-60,63,66-68H,4-5,7,12-14,16,18,20-22,51-52H2,1-3H3,(H3,53,54,57). The van der Waals surface area contributed by atoms with Crippen molar-refractivity contribution in [2.24, 2.45) is 39.9 Å². The number of guanidine groups is 1. The van der Waals surface area contributed by atoms with Crippen molar-refractivity contribution in [3.05, 3.63) is 110 Å². The number of aromatic hydroxyl groups is 1. The van der Waals surface area contributed by atoms with Gasteiger partial charge in [0, 0.05) is 85.9 Å². The van der Waals surface area contributed by atoms with Gasteiger partial charge in [-0.2, -0.15) is 0 Å². The van der Waals surface area contributed by atoms with Gasteiger partial charge < -0.3 is 78.0 Å². The molecule has 4 heterocycles. The minimum absolute atomic E-state index is 0.000550. The predicted molar refractivity (Wildman–Crippen MR) is 256 cm³/mol. The Morgan fingerprint density at radius 1 is 1.04 bits per heavy atom. The van der Waals surface area contributed by atoms with Crippen molar-refractivity contribution >= 4 is 29.3 Å². The number of aliphatic hydroxyl groups excluding tert-OH is 4. The van der Waals surface area contributed by atoms with Gasteiger partial charge in [0.05, 0.1) is 36.8 Å². The number of hydrogen-bond donors (Lipinski definition) is 12. The van der Waals surface area contributed by atoms with E-state index in [1.54, 1.807) is 19.1 Å². The molecule has 2 aromatic carbocycles. The van der Waals surface area contributed by atoms with Gasteiger partial charge in [-0.3, -0.25) is 29.1 Å². The number of hydrogen-bond acceptors (Lipinski definition) is 18. The highest BCUT2D eigenvalue weighted by Gasteiger charge is 2.57. The number of imide groups is 1. The van der Waals surface area contributed by atoms with Gasteiger partial charge in [0.1, 0.15) is 41.2 Å². The van der Waals surface area contributed by atoms with E-state index in [2.05, 4.69) is 20.9 Å². The van der Waals surface area contributed by atoms with Crippen LogP contribution < -0.4 is 42.6 Å². The average Bonchev–Trinajstić information content (AvgIpc) is 3.55. The number of dihydropyridines is 2. The van der Waals surface area contributed by atoms with Gasteiger partial charge in [-0.05, 0) is 84.8 Å². The van der Waals surface area contributed by atoms with Crippen LogP contribution >= 0.6 is 0 Å². The zero-order valence-electron chi connectivity index (χ0n) is 39.7. The smallest absolute Gasteiger partial charge is 0.253 e. The second-order valence-electron chi connectivity index (χ2n) is 18.6. The molecular weight excluding hydrogens is 921 g/mol. The highest BCUT2D eigenvalue weighted by atomic mass is 16.7. The first-order valence-electron chi connectivity index (χ1n) is 23.7. The van der Waals surface area contributed by atoms with Crippen LogP contribution in [0.3, 0.4) is 0 Å². The Bertz CT molecular complexity index is 2670. The summed E-state index contributed by atoms with van der Waals surface area (Å²) in [6, 6.07) is 1.33. The summed E-state index contributed by atoms with van der Waals surface area (Å²) >= 11 is 0. The Morgan fingerprint density at radius 2 is 1.77 bits per heavy atom. The first-order chi connectivity index (χ1) is 34.0. The first-order valence-corrected chi connectivity index (χ1v) is 23.7. The highest BCUT2D eigenvalue weighted by Crippen LogP contribution is 2.49. The van der Waals surface area contributed by atoms with Gasteiger partial charge in [-0.1, -0.05) is 19.1 Å². The van der Waals surface area contributed by atoms with Crippen LogP contribution in [0.2, 0.25) is 0 Å². The third-order valence-electron chi connectivity index (χ3n) is 14.6.